The molecule has 5 nitrogen and oxygen atoms in total. The molecule has 0 spiro atoms. The minimum absolute atomic E-state index is 0.133. The van der Waals surface area contributed by atoms with E-state index in [0.717, 1.165) is 5.56 Å². The minimum Gasteiger partial charge on any atom is -0.479 e. The van der Waals surface area contributed by atoms with E-state index in [1.807, 2.05) is 0 Å². The predicted molar refractivity (Wildman–Crippen MR) is 147 cm³/mol. The number of ether oxygens (including phenoxy) is 1. The third-order valence-electron chi connectivity index (χ3n) is 6.80. The summed E-state index contributed by atoms with van der Waals surface area (Å²) >= 11 is 12.3. The maximum atomic E-state index is 14.2. The average molecular weight is 564 g/mol. The van der Waals surface area contributed by atoms with Crippen LogP contribution >= 0.6 is 23.2 Å². The Labute approximate surface area is 235 Å². The van der Waals surface area contributed by atoms with Gasteiger partial charge < -0.3 is 14.7 Å². The van der Waals surface area contributed by atoms with Crippen LogP contribution in [0.5, 0.6) is 0 Å². The van der Waals surface area contributed by atoms with Gasteiger partial charge >= 0.3 is 5.97 Å². The van der Waals surface area contributed by atoms with Crippen molar-refractivity contribution < 1.29 is 23.8 Å². The molecule has 1 heterocycles. The van der Waals surface area contributed by atoms with Crippen LogP contribution in [0.25, 0.3) is 0 Å². The van der Waals surface area contributed by atoms with Crippen molar-refractivity contribution in [2.24, 2.45) is 0 Å². The molecule has 1 fully saturated rings. The molecule has 1 aliphatic heterocycles. The van der Waals surface area contributed by atoms with Gasteiger partial charge in [-0.1, -0.05) is 89.9 Å². The molecular formula is C31H24Cl2FNO4. The van der Waals surface area contributed by atoms with Gasteiger partial charge in [-0.2, -0.15) is 0 Å². The highest BCUT2D eigenvalue weighted by atomic mass is 35.5. The highest BCUT2D eigenvalue weighted by molar-refractivity contribution is 6.30. The first-order valence-corrected chi connectivity index (χ1v) is 13.1. The zero-order chi connectivity index (χ0) is 27.5. The van der Waals surface area contributed by atoms with Crippen molar-refractivity contribution in [1.82, 2.24) is 4.90 Å². The number of hydrogen-bond acceptors (Lipinski definition) is 3. The van der Waals surface area contributed by atoms with Crippen molar-refractivity contribution >= 4 is 35.1 Å². The summed E-state index contributed by atoms with van der Waals surface area (Å²) in [5, 5.41) is 11.5. The summed E-state index contributed by atoms with van der Waals surface area (Å²) < 4.78 is 20.1. The van der Waals surface area contributed by atoms with Crippen molar-refractivity contribution in [3.63, 3.8) is 0 Å². The Kier molecular flexibility index (Phi) is 7.98. The Bertz CT molecular complexity index is 1450. The molecule has 0 aromatic heterocycles. The second kappa shape index (κ2) is 11.6. The SMILES string of the molecule is O=C(O)[C@@H](c1ccccc1)N1C(=O)[C@@H](Cc2ccc(F)cc2)O[C@H](c2ccc(Cl)cc2)[C@@H]1c1ccc(Cl)cc1. The maximum absolute atomic E-state index is 14.2. The van der Waals surface area contributed by atoms with E-state index in [1.165, 1.54) is 17.0 Å². The lowest BCUT2D eigenvalue weighted by molar-refractivity contribution is -0.184. The van der Waals surface area contributed by atoms with Crippen molar-refractivity contribution in [2.75, 3.05) is 0 Å². The fourth-order valence-electron chi connectivity index (χ4n) is 4.98. The Morgan fingerprint density at radius 2 is 1.41 bits per heavy atom. The Balaban J connectivity index is 1.68. The summed E-state index contributed by atoms with van der Waals surface area (Å²) in [6.07, 6.45) is -1.63. The van der Waals surface area contributed by atoms with E-state index in [9.17, 15) is 19.1 Å². The molecule has 1 saturated heterocycles. The van der Waals surface area contributed by atoms with Crippen molar-refractivity contribution in [3.8, 4) is 0 Å². The number of carbonyl (C=O) groups is 2. The van der Waals surface area contributed by atoms with Crippen LogP contribution in [0.3, 0.4) is 0 Å². The number of rotatable bonds is 7. The fraction of sp³-hybridized carbons (Fsp3) is 0.161. The molecule has 39 heavy (non-hydrogen) atoms. The molecule has 1 N–H and O–H groups in total. The third-order valence-corrected chi connectivity index (χ3v) is 7.30. The second-order valence-corrected chi connectivity index (χ2v) is 10.2. The quantitative estimate of drug-likeness (QED) is 0.258. The van der Waals surface area contributed by atoms with Crippen LogP contribution in [-0.4, -0.2) is 28.0 Å². The first-order valence-electron chi connectivity index (χ1n) is 12.3. The van der Waals surface area contributed by atoms with Crippen LogP contribution in [0.4, 0.5) is 4.39 Å². The molecule has 5 rings (SSSR count). The van der Waals surface area contributed by atoms with Gasteiger partial charge in [-0.3, -0.25) is 4.79 Å². The number of amides is 1. The summed E-state index contributed by atoms with van der Waals surface area (Å²) in [7, 11) is 0. The van der Waals surface area contributed by atoms with E-state index < -0.39 is 42.0 Å². The van der Waals surface area contributed by atoms with Gasteiger partial charge in [0.2, 0.25) is 0 Å². The van der Waals surface area contributed by atoms with Crippen LogP contribution < -0.4 is 0 Å². The van der Waals surface area contributed by atoms with Gasteiger partial charge in [-0.05, 0) is 58.7 Å². The van der Waals surface area contributed by atoms with Gasteiger partial charge in [0.05, 0.1) is 6.04 Å². The lowest BCUT2D eigenvalue weighted by Gasteiger charge is -2.47. The lowest BCUT2D eigenvalue weighted by atomic mass is 9.88. The van der Waals surface area contributed by atoms with Crippen molar-refractivity contribution in [3.05, 3.63) is 141 Å². The van der Waals surface area contributed by atoms with E-state index in [-0.39, 0.29) is 6.42 Å². The summed E-state index contributed by atoms with van der Waals surface area (Å²) in [5.74, 6) is -2.06. The van der Waals surface area contributed by atoms with E-state index in [1.54, 1.807) is 91.0 Å². The monoisotopic (exact) mass is 563 g/mol. The molecule has 1 aliphatic rings. The molecule has 0 aliphatic carbocycles. The van der Waals surface area contributed by atoms with Gasteiger partial charge in [-0.15, -0.1) is 0 Å². The van der Waals surface area contributed by atoms with Crippen LogP contribution in [-0.2, 0) is 20.7 Å². The number of carbonyl (C=O) groups excluding carboxylic acids is 1. The number of carboxylic acid groups (broad SMARTS) is 1. The van der Waals surface area contributed by atoms with E-state index in [0.29, 0.717) is 26.7 Å². The molecule has 4 atom stereocenters. The van der Waals surface area contributed by atoms with E-state index in [2.05, 4.69) is 0 Å². The van der Waals surface area contributed by atoms with Gasteiger partial charge in [0.15, 0.2) is 6.04 Å². The first kappa shape index (κ1) is 26.9. The number of aliphatic carboxylic acids is 1. The molecule has 4 aromatic rings. The van der Waals surface area contributed by atoms with E-state index in [4.69, 9.17) is 27.9 Å². The Hall–Kier alpha value is -3.71. The predicted octanol–water partition coefficient (Wildman–Crippen LogP) is 7.21. The highest BCUT2D eigenvalue weighted by Crippen LogP contribution is 2.46. The minimum atomic E-state index is -1.30. The number of morpholine rings is 1. The second-order valence-electron chi connectivity index (χ2n) is 9.32. The van der Waals surface area contributed by atoms with Gasteiger partial charge in [0.25, 0.3) is 5.91 Å². The molecule has 198 valence electrons. The van der Waals surface area contributed by atoms with Crippen LogP contribution in [0.2, 0.25) is 10.0 Å². The standard InChI is InChI=1S/C31H24Cl2FNO4/c32-23-12-8-21(9-13-23)27-29(22-10-14-24(33)15-11-22)39-26(18-19-6-16-25(34)17-7-19)30(36)35(27)28(31(37)38)20-4-2-1-3-5-20/h1-17,26-29H,18H2,(H,37,38)/t26-,27+,28-,29-/m1/s1. The zero-order valence-corrected chi connectivity index (χ0v) is 22.1. The van der Waals surface area contributed by atoms with Crippen LogP contribution in [0.1, 0.15) is 40.4 Å². The van der Waals surface area contributed by atoms with Crippen LogP contribution in [0, 0.1) is 5.82 Å². The summed E-state index contributed by atoms with van der Waals surface area (Å²) in [6, 6.07) is 26.3. The molecule has 8 heteroatoms. The normalized spacial score (nSPS) is 20.0. The molecule has 0 unspecified atom stereocenters. The molecule has 4 aromatic carbocycles. The number of nitrogens with zero attached hydrogens (tertiary/aromatic N) is 1. The Morgan fingerprint density at radius 1 is 0.846 bits per heavy atom. The van der Waals surface area contributed by atoms with Gasteiger partial charge in [0, 0.05) is 16.5 Å². The zero-order valence-electron chi connectivity index (χ0n) is 20.6. The number of hydrogen-bond donors (Lipinski definition) is 1. The largest absolute Gasteiger partial charge is 0.479 e. The molecule has 0 saturated carbocycles. The molecule has 0 bridgehead atoms. The fourth-order valence-corrected chi connectivity index (χ4v) is 5.23. The summed E-state index contributed by atoms with van der Waals surface area (Å²) in [4.78, 5) is 28.5. The molecule has 1 amide bonds. The third kappa shape index (κ3) is 5.83. The van der Waals surface area contributed by atoms with Gasteiger partial charge in [0.1, 0.15) is 18.0 Å². The van der Waals surface area contributed by atoms with Crippen molar-refractivity contribution in [2.45, 2.75) is 30.7 Å². The van der Waals surface area contributed by atoms with Gasteiger partial charge in [-0.25, -0.2) is 9.18 Å². The lowest BCUT2D eigenvalue weighted by Crippen LogP contribution is -2.54. The maximum Gasteiger partial charge on any atom is 0.331 e. The highest BCUT2D eigenvalue weighted by Gasteiger charge is 2.49. The summed E-state index contributed by atoms with van der Waals surface area (Å²) in [6.45, 7) is 0. The smallest absolute Gasteiger partial charge is 0.331 e. The average Bonchev–Trinajstić information content (AvgIpc) is 2.93. The topological polar surface area (TPSA) is 66.8 Å². The number of halogens is 3. The number of benzene rings is 4. The van der Waals surface area contributed by atoms with Crippen molar-refractivity contribution in [1.29, 1.82) is 0 Å². The van der Waals surface area contributed by atoms with Crippen LogP contribution in [0.15, 0.2) is 103 Å². The molecule has 0 radical (unpaired) electrons. The first-order chi connectivity index (χ1) is 18.8. The molecular weight excluding hydrogens is 540 g/mol. The summed E-state index contributed by atoms with van der Waals surface area (Å²) in [5.41, 5.74) is 2.52. The Morgan fingerprint density at radius 3 is 1.97 bits per heavy atom. The van der Waals surface area contributed by atoms with E-state index >= 15 is 0 Å². The number of carboxylic acids is 1.